The van der Waals surface area contributed by atoms with Gasteiger partial charge in [0.05, 0.1) is 22.5 Å². The Morgan fingerprint density at radius 2 is 2.24 bits per heavy atom. The van der Waals surface area contributed by atoms with E-state index in [2.05, 4.69) is 15.2 Å². The number of hydrogen-bond donors (Lipinski definition) is 1. The number of nitrogens with one attached hydrogen (secondary N) is 1. The number of aromatic amines is 1. The summed E-state index contributed by atoms with van der Waals surface area (Å²) in [6, 6.07) is 8.15. The average molecular weight is 302 g/mol. The van der Waals surface area contributed by atoms with Crippen LogP contribution in [0.4, 0.5) is 5.69 Å². The van der Waals surface area contributed by atoms with Crippen molar-refractivity contribution in [3.63, 3.8) is 0 Å². The highest BCUT2D eigenvalue weighted by Gasteiger charge is 2.17. The van der Waals surface area contributed by atoms with Crippen LogP contribution in [0.15, 0.2) is 35.7 Å². The number of nitrogens with zero attached hydrogens (tertiary/aromatic N) is 3. The molecule has 1 N–H and O–H groups in total. The number of thiophene rings is 1. The fourth-order valence-corrected chi connectivity index (χ4v) is 2.55. The lowest BCUT2D eigenvalue weighted by Gasteiger charge is -2.04. The number of methoxy groups -OCH3 is 1. The fraction of sp³-hybridized carbons (Fsp3) is 0.0769. The maximum absolute atomic E-state index is 10.9. The zero-order chi connectivity index (χ0) is 14.8. The van der Waals surface area contributed by atoms with Crippen molar-refractivity contribution in [1.82, 2.24) is 15.2 Å². The highest BCUT2D eigenvalue weighted by Crippen LogP contribution is 2.32. The molecule has 106 valence electrons. The average Bonchev–Trinajstić information content (AvgIpc) is 3.17. The van der Waals surface area contributed by atoms with Gasteiger partial charge >= 0.3 is 0 Å². The van der Waals surface area contributed by atoms with E-state index < -0.39 is 4.92 Å². The van der Waals surface area contributed by atoms with Crippen LogP contribution in [0.2, 0.25) is 0 Å². The maximum Gasteiger partial charge on any atom is 0.270 e. The Kier molecular flexibility index (Phi) is 3.36. The molecule has 0 aliphatic rings. The lowest BCUT2D eigenvalue weighted by atomic mass is 10.1. The topological polar surface area (TPSA) is 93.9 Å². The number of rotatable bonds is 4. The third-order valence-electron chi connectivity index (χ3n) is 2.87. The van der Waals surface area contributed by atoms with Gasteiger partial charge in [0.1, 0.15) is 5.75 Å². The first kappa shape index (κ1) is 13.3. The van der Waals surface area contributed by atoms with Crippen molar-refractivity contribution in [2.24, 2.45) is 0 Å². The van der Waals surface area contributed by atoms with E-state index >= 15 is 0 Å². The Bertz CT molecular complexity index is 783. The Labute approximate surface area is 123 Å². The number of aromatic nitrogens is 3. The van der Waals surface area contributed by atoms with Crippen molar-refractivity contribution >= 4 is 17.0 Å². The molecule has 8 heteroatoms. The van der Waals surface area contributed by atoms with E-state index in [1.807, 2.05) is 17.5 Å². The van der Waals surface area contributed by atoms with Gasteiger partial charge in [0.15, 0.2) is 11.6 Å². The number of non-ortho nitro benzene ring substituents is 1. The summed E-state index contributed by atoms with van der Waals surface area (Å²) in [6.07, 6.45) is 0. The lowest BCUT2D eigenvalue weighted by molar-refractivity contribution is -0.384. The number of nitro benzene ring substituents is 1. The van der Waals surface area contributed by atoms with Crippen LogP contribution in [0.5, 0.6) is 5.75 Å². The van der Waals surface area contributed by atoms with Crippen LogP contribution < -0.4 is 4.74 Å². The second-order valence-electron chi connectivity index (χ2n) is 4.13. The molecule has 0 aliphatic carbocycles. The maximum atomic E-state index is 10.9. The molecule has 0 atom stereocenters. The first-order chi connectivity index (χ1) is 10.2. The van der Waals surface area contributed by atoms with E-state index in [1.54, 1.807) is 0 Å². The van der Waals surface area contributed by atoms with Gasteiger partial charge in [-0.15, -0.1) is 11.3 Å². The molecule has 7 nitrogen and oxygen atoms in total. The number of benzene rings is 1. The summed E-state index contributed by atoms with van der Waals surface area (Å²) < 4.78 is 5.22. The molecule has 0 radical (unpaired) electrons. The zero-order valence-electron chi connectivity index (χ0n) is 10.9. The van der Waals surface area contributed by atoms with E-state index in [4.69, 9.17) is 4.74 Å². The number of ether oxygens (including phenoxy) is 1. The second-order valence-corrected chi connectivity index (χ2v) is 5.07. The van der Waals surface area contributed by atoms with Crippen LogP contribution in [0.3, 0.4) is 0 Å². The molecule has 2 heterocycles. The van der Waals surface area contributed by atoms with E-state index in [0.29, 0.717) is 23.0 Å². The molecule has 2 aromatic heterocycles. The molecule has 0 unspecified atom stereocenters. The molecule has 0 spiro atoms. The van der Waals surface area contributed by atoms with Gasteiger partial charge in [0, 0.05) is 12.1 Å². The smallest absolute Gasteiger partial charge is 0.270 e. The minimum absolute atomic E-state index is 0.0340. The molecule has 3 rings (SSSR count). The minimum Gasteiger partial charge on any atom is -0.496 e. The molecule has 0 aliphatic heterocycles. The van der Waals surface area contributed by atoms with Crippen molar-refractivity contribution in [3.05, 3.63) is 45.8 Å². The Morgan fingerprint density at radius 1 is 1.38 bits per heavy atom. The first-order valence-electron chi connectivity index (χ1n) is 5.98. The molecule has 3 aromatic rings. The molecule has 0 saturated heterocycles. The molecule has 0 bridgehead atoms. The van der Waals surface area contributed by atoms with Crippen molar-refractivity contribution in [1.29, 1.82) is 0 Å². The van der Waals surface area contributed by atoms with Crippen LogP contribution in [0, 0.1) is 10.1 Å². The minimum atomic E-state index is -0.463. The molecule has 1 aromatic carbocycles. The first-order valence-corrected chi connectivity index (χ1v) is 6.86. The Balaban J connectivity index is 2.07. The van der Waals surface area contributed by atoms with Crippen molar-refractivity contribution < 1.29 is 9.66 Å². The largest absolute Gasteiger partial charge is 0.496 e. The van der Waals surface area contributed by atoms with Crippen molar-refractivity contribution in [3.8, 4) is 27.8 Å². The molecule has 21 heavy (non-hydrogen) atoms. The van der Waals surface area contributed by atoms with Gasteiger partial charge in [-0.05, 0) is 17.5 Å². The van der Waals surface area contributed by atoms with Gasteiger partial charge in [-0.3, -0.25) is 15.2 Å². The van der Waals surface area contributed by atoms with Crippen molar-refractivity contribution in [2.75, 3.05) is 7.11 Å². The Hall–Kier alpha value is -2.74. The lowest BCUT2D eigenvalue weighted by Crippen LogP contribution is -1.93. The summed E-state index contributed by atoms with van der Waals surface area (Å²) in [4.78, 5) is 15.7. The molecule has 0 amide bonds. The van der Waals surface area contributed by atoms with E-state index in [0.717, 1.165) is 4.88 Å². The van der Waals surface area contributed by atoms with Gasteiger partial charge in [-0.1, -0.05) is 6.07 Å². The quantitative estimate of drug-likeness (QED) is 0.590. The molecular weight excluding hydrogens is 292 g/mol. The highest BCUT2D eigenvalue weighted by atomic mass is 32.1. The van der Waals surface area contributed by atoms with E-state index in [-0.39, 0.29) is 5.69 Å². The summed E-state index contributed by atoms with van der Waals surface area (Å²) in [6.45, 7) is 0. The molecular formula is C13H10N4O3S. The van der Waals surface area contributed by atoms with Gasteiger partial charge < -0.3 is 4.74 Å². The summed E-state index contributed by atoms with van der Waals surface area (Å²) in [5, 5.41) is 19.8. The number of hydrogen-bond acceptors (Lipinski definition) is 6. The number of H-pyrrole nitrogens is 1. The predicted octanol–water partition coefficient (Wildman–Crippen LogP) is 3.12. The molecule has 0 fully saturated rings. The Morgan fingerprint density at radius 3 is 2.90 bits per heavy atom. The second kappa shape index (κ2) is 5.33. The fourth-order valence-electron chi connectivity index (χ4n) is 1.89. The van der Waals surface area contributed by atoms with E-state index in [9.17, 15) is 10.1 Å². The van der Waals surface area contributed by atoms with Crippen LogP contribution in [0.1, 0.15) is 0 Å². The number of nitro groups is 1. The third kappa shape index (κ3) is 2.48. The third-order valence-corrected chi connectivity index (χ3v) is 3.75. The zero-order valence-corrected chi connectivity index (χ0v) is 11.8. The highest BCUT2D eigenvalue weighted by molar-refractivity contribution is 7.13. The summed E-state index contributed by atoms with van der Waals surface area (Å²) in [5.41, 5.74) is 0.444. The van der Waals surface area contributed by atoms with Gasteiger partial charge in [-0.25, -0.2) is 4.98 Å². The van der Waals surface area contributed by atoms with E-state index in [1.165, 1.54) is 36.6 Å². The van der Waals surface area contributed by atoms with Crippen LogP contribution in [-0.2, 0) is 0 Å². The normalized spacial score (nSPS) is 10.5. The summed E-state index contributed by atoms with van der Waals surface area (Å²) >= 11 is 1.53. The summed E-state index contributed by atoms with van der Waals surface area (Å²) in [5.74, 6) is 1.46. The van der Waals surface area contributed by atoms with Crippen LogP contribution in [0.25, 0.3) is 22.1 Å². The van der Waals surface area contributed by atoms with Crippen LogP contribution in [-0.4, -0.2) is 27.2 Å². The van der Waals surface area contributed by atoms with Crippen LogP contribution >= 0.6 is 11.3 Å². The monoisotopic (exact) mass is 302 g/mol. The van der Waals surface area contributed by atoms with Gasteiger partial charge in [0.2, 0.25) is 0 Å². The standard InChI is InChI=1S/C13H10N4O3S/c1-20-10-5-4-8(17(18)19)7-9(10)12-14-13(16-15-12)11-3-2-6-21-11/h2-7H,1H3,(H,14,15,16). The van der Waals surface area contributed by atoms with Crippen molar-refractivity contribution in [2.45, 2.75) is 0 Å². The SMILES string of the molecule is COc1ccc([N+](=O)[O-])cc1-c1n[nH]c(-c2cccs2)n1. The van der Waals surface area contributed by atoms with Gasteiger partial charge in [0.25, 0.3) is 5.69 Å². The summed E-state index contributed by atoms with van der Waals surface area (Å²) in [7, 11) is 1.50. The van der Waals surface area contributed by atoms with Gasteiger partial charge in [-0.2, -0.15) is 5.10 Å². The predicted molar refractivity (Wildman–Crippen MR) is 78.3 cm³/mol. The molecule has 0 saturated carbocycles.